The molecule has 2 heterocycles. The van der Waals surface area contributed by atoms with Crippen LogP contribution in [0.3, 0.4) is 0 Å². The lowest BCUT2D eigenvalue weighted by atomic mass is 10.1. The number of H-pyrrole nitrogens is 2. The van der Waals surface area contributed by atoms with Crippen LogP contribution in [0.5, 0.6) is 0 Å². The van der Waals surface area contributed by atoms with E-state index < -0.39 is 5.69 Å². The molecule has 2 aromatic rings. The third-order valence-electron chi connectivity index (χ3n) is 3.20. The number of hydrogen-bond acceptors (Lipinski definition) is 4. The van der Waals surface area contributed by atoms with Crippen molar-refractivity contribution in [3.8, 4) is 0 Å². The Hall–Kier alpha value is -2.50. The summed E-state index contributed by atoms with van der Waals surface area (Å²) in [7, 11) is 0. The number of aromatic nitrogens is 2. The Bertz CT molecular complexity index is 690. The Balaban J connectivity index is 1.80. The fourth-order valence-corrected chi connectivity index (χ4v) is 2.23. The minimum atomic E-state index is -0.475. The number of benzene rings is 1. The number of rotatable bonds is 3. The van der Waals surface area contributed by atoms with Crippen molar-refractivity contribution in [1.29, 1.82) is 0 Å². The van der Waals surface area contributed by atoms with Crippen molar-refractivity contribution in [2.45, 2.75) is 6.42 Å². The molecule has 0 atom stereocenters. The molecule has 19 heavy (non-hydrogen) atoms. The standard InChI is InChI=1S/C13H14N4O2/c18-12-10-11(15-13(19)16-12)17(8-14-10)7-6-9-4-2-1-3-5-9/h1-5,14H,6-8H2,(H2,15,16,18,19). The van der Waals surface area contributed by atoms with Gasteiger partial charge in [-0.2, -0.15) is 0 Å². The first kappa shape index (κ1) is 11.6. The molecule has 6 heteroatoms. The maximum Gasteiger partial charge on any atom is 0.327 e. The monoisotopic (exact) mass is 258 g/mol. The Morgan fingerprint density at radius 1 is 1.11 bits per heavy atom. The quantitative estimate of drug-likeness (QED) is 0.748. The zero-order chi connectivity index (χ0) is 13.2. The third-order valence-corrected chi connectivity index (χ3v) is 3.20. The normalized spacial score (nSPS) is 13.2. The third kappa shape index (κ3) is 2.24. The van der Waals surface area contributed by atoms with Gasteiger partial charge in [0.2, 0.25) is 0 Å². The summed E-state index contributed by atoms with van der Waals surface area (Å²) in [6, 6.07) is 10.1. The summed E-state index contributed by atoms with van der Waals surface area (Å²) in [5.74, 6) is 0.574. The predicted octanol–water partition coefficient (Wildman–Crippen LogP) is 0.495. The minimum Gasteiger partial charge on any atom is -0.360 e. The van der Waals surface area contributed by atoms with Gasteiger partial charge in [0.15, 0.2) is 0 Å². The molecule has 0 spiro atoms. The molecule has 0 radical (unpaired) electrons. The van der Waals surface area contributed by atoms with Crippen molar-refractivity contribution >= 4 is 11.5 Å². The summed E-state index contributed by atoms with van der Waals surface area (Å²) in [6.07, 6.45) is 0.858. The lowest BCUT2D eigenvalue weighted by Gasteiger charge is -2.16. The number of nitrogens with one attached hydrogen (secondary N) is 3. The van der Waals surface area contributed by atoms with Gasteiger partial charge in [-0.05, 0) is 12.0 Å². The van der Waals surface area contributed by atoms with Crippen LogP contribution in [0, 0.1) is 0 Å². The smallest absolute Gasteiger partial charge is 0.327 e. The van der Waals surface area contributed by atoms with E-state index in [-0.39, 0.29) is 5.56 Å². The number of nitrogens with zero attached hydrogens (tertiary/aromatic N) is 1. The molecule has 0 bridgehead atoms. The van der Waals surface area contributed by atoms with Crippen molar-refractivity contribution in [3.05, 3.63) is 56.7 Å². The van der Waals surface area contributed by atoms with Gasteiger partial charge in [-0.25, -0.2) is 4.79 Å². The lowest BCUT2D eigenvalue weighted by molar-refractivity contribution is 0.823. The van der Waals surface area contributed by atoms with Crippen LogP contribution in [0.15, 0.2) is 39.9 Å². The summed E-state index contributed by atoms with van der Waals surface area (Å²) in [5.41, 5.74) is 0.814. The summed E-state index contributed by atoms with van der Waals surface area (Å²) in [5, 5.41) is 2.99. The predicted molar refractivity (Wildman–Crippen MR) is 73.7 cm³/mol. The first-order valence-corrected chi connectivity index (χ1v) is 6.13. The summed E-state index contributed by atoms with van der Waals surface area (Å²) in [4.78, 5) is 29.7. The van der Waals surface area contributed by atoms with E-state index in [1.165, 1.54) is 5.56 Å². The van der Waals surface area contributed by atoms with E-state index in [2.05, 4.69) is 27.4 Å². The summed E-state index contributed by atoms with van der Waals surface area (Å²) >= 11 is 0. The minimum absolute atomic E-state index is 0.374. The van der Waals surface area contributed by atoms with E-state index in [9.17, 15) is 9.59 Å². The molecular formula is C13H14N4O2. The Morgan fingerprint density at radius 2 is 1.89 bits per heavy atom. The second-order valence-electron chi connectivity index (χ2n) is 4.47. The first-order valence-electron chi connectivity index (χ1n) is 6.13. The highest BCUT2D eigenvalue weighted by Crippen LogP contribution is 2.23. The van der Waals surface area contributed by atoms with E-state index >= 15 is 0 Å². The molecule has 1 aromatic carbocycles. The van der Waals surface area contributed by atoms with Crippen LogP contribution in [-0.4, -0.2) is 23.2 Å². The van der Waals surface area contributed by atoms with Crippen molar-refractivity contribution in [3.63, 3.8) is 0 Å². The maximum atomic E-state index is 11.6. The lowest BCUT2D eigenvalue weighted by Crippen LogP contribution is -2.28. The molecule has 1 aromatic heterocycles. The Labute approximate surface area is 109 Å². The van der Waals surface area contributed by atoms with Gasteiger partial charge in [0.1, 0.15) is 11.5 Å². The van der Waals surface area contributed by atoms with E-state index in [0.29, 0.717) is 18.2 Å². The zero-order valence-corrected chi connectivity index (χ0v) is 10.3. The zero-order valence-electron chi connectivity index (χ0n) is 10.3. The molecule has 0 saturated heterocycles. The van der Waals surface area contributed by atoms with Gasteiger partial charge in [0.05, 0.1) is 6.67 Å². The van der Waals surface area contributed by atoms with E-state index in [4.69, 9.17) is 0 Å². The SMILES string of the molecule is O=c1[nH]c2c(c(=O)[nH]1)NCN2CCc1ccccc1. The van der Waals surface area contributed by atoms with Crippen LogP contribution >= 0.6 is 0 Å². The molecule has 0 amide bonds. The van der Waals surface area contributed by atoms with Crippen molar-refractivity contribution in [1.82, 2.24) is 9.97 Å². The van der Waals surface area contributed by atoms with E-state index in [0.717, 1.165) is 13.0 Å². The van der Waals surface area contributed by atoms with Gasteiger partial charge in [-0.1, -0.05) is 30.3 Å². The van der Waals surface area contributed by atoms with Gasteiger partial charge in [0, 0.05) is 6.54 Å². The van der Waals surface area contributed by atoms with Crippen LogP contribution in [0.1, 0.15) is 5.56 Å². The van der Waals surface area contributed by atoms with Crippen LogP contribution in [0.4, 0.5) is 11.5 Å². The van der Waals surface area contributed by atoms with Gasteiger partial charge in [0.25, 0.3) is 5.56 Å². The average Bonchev–Trinajstić information content (AvgIpc) is 2.81. The van der Waals surface area contributed by atoms with Gasteiger partial charge < -0.3 is 10.2 Å². The number of fused-ring (bicyclic) bond motifs is 1. The van der Waals surface area contributed by atoms with E-state index in [1.54, 1.807) is 0 Å². The van der Waals surface area contributed by atoms with Crippen molar-refractivity contribution in [2.24, 2.45) is 0 Å². The maximum absolute atomic E-state index is 11.6. The van der Waals surface area contributed by atoms with Crippen molar-refractivity contribution in [2.75, 3.05) is 23.4 Å². The molecule has 1 aliphatic rings. The number of anilines is 2. The Morgan fingerprint density at radius 3 is 2.68 bits per heavy atom. The number of hydrogen-bond donors (Lipinski definition) is 3. The van der Waals surface area contributed by atoms with Crippen LogP contribution in [0.25, 0.3) is 0 Å². The molecule has 0 aliphatic carbocycles. The fourth-order valence-electron chi connectivity index (χ4n) is 2.23. The molecule has 6 nitrogen and oxygen atoms in total. The Kier molecular flexibility index (Phi) is 2.83. The molecule has 0 unspecified atom stereocenters. The second kappa shape index (κ2) is 4.64. The highest BCUT2D eigenvalue weighted by atomic mass is 16.2. The van der Waals surface area contributed by atoms with Gasteiger partial charge in [-0.15, -0.1) is 0 Å². The van der Waals surface area contributed by atoms with Crippen LogP contribution in [-0.2, 0) is 6.42 Å². The van der Waals surface area contributed by atoms with Gasteiger partial charge >= 0.3 is 5.69 Å². The highest BCUT2D eigenvalue weighted by molar-refractivity contribution is 5.69. The molecule has 3 N–H and O–H groups in total. The van der Waals surface area contributed by atoms with E-state index in [1.807, 2.05) is 23.1 Å². The number of aromatic amines is 2. The largest absolute Gasteiger partial charge is 0.360 e. The molecular weight excluding hydrogens is 244 g/mol. The molecule has 0 saturated carbocycles. The summed E-state index contributed by atoms with van der Waals surface area (Å²) in [6.45, 7) is 1.27. The summed E-state index contributed by atoms with van der Waals surface area (Å²) < 4.78 is 0. The molecule has 98 valence electrons. The fraction of sp³-hybridized carbons (Fsp3) is 0.231. The second-order valence-corrected chi connectivity index (χ2v) is 4.47. The average molecular weight is 258 g/mol. The first-order chi connectivity index (χ1) is 9.24. The van der Waals surface area contributed by atoms with Gasteiger partial charge in [-0.3, -0.25) is 14.8 Å². The molecule has 3 rings (SSSR count). The van der Waals surface area contributed by atoms with Crippen LogP contribution < -0.4 is 21.5 Å². The van der Waals surface area contributed by atoms with Crippen molar-refractivity contribution < 1.29 is 0 Å². The molecule has 0 fully saturated rings. The highest BCUT2D eigenvalue weighted by Gasteiger charge is 2.22. The topological polar surface area (TPSA) is 81.0 Å². The molecule has 1 aliphatic heterocycles. The van der Waals surface area contributed by atoms with Crippen LogP contribution in [0.2, 0.25) is 0 Å².